The number of likely N-dealkylation sites (tertiary alicyclic amines) is 3. The zero-order valence-electron chi connectivity index (χ0n) is 35.5. The molecule has 10 rings (SSSR count). The van der Waals surface area contributed by atoms with Gasteiger partial charge in [-0.15, -0.1) is 0 Å². The number of hydrogen-bond donors (Lipinski definition) is 2. The monoisotopic (exact) mass is 850 g/mol. The molecular weight excluding hydrogens is 797 g/mol. The highest BCUT2D eigenvalue weighted by Gasteiger charge is 2.45. The van der Waals surface area contributed by atoms with Crippen molar-refractivity contribution in [1.29, 1.82) is 0 Å². The van der Waals surface area contributed by atoms with Gasteiger partial charge in [0.1, 0.15) is 35.4 Å². The number of anilines is 1. The number of imide groups is 2. The summed E-state index contributed by atoms with van der Waals surface area (Å²) in [5.74, 6) is 1.09. The predicted octanol–water partition coefficient (Wildman–Crippen LogP) is 5.50. The first kappa shape index (κ1) is 41.0. The summed E-state index contributed by atoms with van der Waals surface area (Å²) in [6.45, 7) is 9.46. The molecule has 0 bridgehead atoms. The Morgan fingerprint density at radius 3 is 2.19 bits per heavy atom. The molecule has 7 heterocycles. The topological polar surface area (TPSA) is 172 Å². The molecule has 3 N–H and O–H groups in total. The number of carbonyl (C=O) groups is 4. The molecule has 4 amide bonds. The minimum absolute atomic E-state index is 0.109. The molecule has 0 spiro atoms. The molecule has 2 aromatic heterocycles. The highest BCUT2D eigenvalue weighted by molar-refractivity contribution is 6.23. The summed E-state index contributed by atoms with van der Waals surface area (Å²) in [4.78, 5) is 68.6. The fourth-order valence-corrected chi connectivity index (χ4v) is 10.4. The van der Waals surface area contributed by atoms with Crippen molar-refractivity contribution in [1.82, 2.24) is 44.7 Å². The lowest BCUT2D eigenvalue weighted by Gasteiger charge is -2.39. The Hall–Kier alpha value is -6.03. The summed E-state index contributed by atoms with van der Waals surface area (Å²) >= 11 is 0. The van der Waals surface area contributed by atoms with E-state index >= 15 is 0 Å². The van der Waals surface area contributed by atoms with E-state index in [-0.39, 0.29) is 24.8 Å². The largest absolute Gasteiger partial charge is 0.457 e. The highest BCUT2D eigenvalue weighted by Crippen LogP contribution is 2.37. The van der Waals surface area contributed by atoms with Crippen LogP contribution in [0.1, 0.15) is 89.6 Å². The summed E-state index contributed by atoms with van der Waals surface area (Å²) in [5, 5.41) is 8.24. The standard InChI is InChI=1S/C48H54N10O5/c49-44-42-43(33-8-11-37(12-9-33)63-36-6-2-1-3-7-36)53-58(45(42)51-30-50-44)35-5-4-20-56(29-35)28-31-16-21-54(22-17-31)25-26-55-23-18-32(19-24-55)34-10-13-38-39(27-34)48(62)57(47(38)61)40-14-15-41(59)52-46(40)60/h1-3,6-13,27,30-32,35,40H,4-5,14-26,28-29H2,(H2,49,50,51)(H,52,59,60). The van der Waals surface area contributed by atoms with Crippen LogP contribution in [0.2, 0.25) is 0 Å². The number of benzene rings is 3. The SMILES string of the molecule is Nc1ncnc2c1c(-c1ccc(Oc3ccccc3)cc1)nn2C1CCCN(CC2CCN(CCN3CCC(c4ccc5c(c4)C(=O)N(C4CCC(=O)NC4=O)C5=O)CC3)CC2)C1. The molecule has 0 saturated carbocycles. The second kappa shape index (κ2) is 17.6. The number of rotatable bonds is 11. The summed E-state index contributed by atoms with van der Waals surface area (Å²) < 4.78 is 8.13. The van der Waals surface area contributed by atoms with E-state index in [1.165, 1.54) is 12.8 Å². The minimum atomic E-state index is -0.949. The molecule has 15 nitrogen and oxygen atoms in total. The van der Waals surface area contributed by atoms with Crippen LogP contribution in [0.3, 0.4) is 0 Å². The lowest BCUT2D eigenvalue weighted by Crippen LogP contribution is -2.54. The van der Waals surface area contributed by atoms with Crippen LogP contribution in [-0.2, 0) is 9.59 Å². The third-order valence-corrected chi connectivity index (χ3v) is 13.9. The fraction of sp³-hybridized carbons (Fsp3) is 0.438. The van der Waals surface area contributed by atoms with E-state index in [0.29, 0.717) is 28.8 Å². The third kappa shape index (κ3) is 8.44. The number of nitrogens with one attached hydrogen (secondary N) is 1. The van der Waals surface area contributed by atoms with Gasteiger partial charge in [0, 0.05) is 38.2 Å². The maximum atomic E-state index is 13.4. The van der Waals surface area contributed by atoms with Crippen LogP contribution in [0.5, 0.6) is 11.5 Å². The number of ether oxygens (including phenoxy) is 1. The molecule has 5 aromatic rings. The van der Waals surface area contributed by atoms with E-state index in [4.69, 9.17) is 20.6 Å². The predicted molar refractivity (Wildman–Crippen MR) is 237 cm³/mol. The molecule has 4 saturated heterocycles. The summed E-state index contributed by atoms with van der Waals surface area (Å²) in [6, 6.07) is 22.5. The lowest BCUT2D eigenvalue weighted by atomic mass is 9.88. The maximum Gasteiger partial charge on any atom is 0.262 e. The molecule has 5 aliphatic rings. The number of nitrogen functional groups attached to an aromatic ring is 1. The molecule has 2 unspecified atom stereocenters. The van der Waals surface area contributed by atoms with Crippen molar-refractivity contribution in [2.75, 3.05) is 64.6 Å². The number of carbonyl (C=O) groups excluding carboxylic acids is 4. The van der Waals surface area contributed by atoms with Gasteiger partial charge in [0.15, 0.2) is 5.65 Å². The zero-order chi connectivity index (χ0) is 43.0. The summed E-state index contributed by atoms with van der Waals surface area (Å²) in [5.41, 5.74) is 10.8. The number of fused-ring (bicyclic) bond motifs is 2. The van der Waals surface area contributed by atoms with Crippen LogP contribution in [0.25, 0.3) is 22.3 Å². The Balaban J connectivity index is 0.691. The zero-order valence-corrected chi connectivity index (χ0v) is 35.5. The molecular formula is C48H54N10O5. The van der Waals surface area contributed by atoms with E-state index < -0.39 is 23.8 Å². The quantitative estimate of drug-likeness (QED) is 0.160. The Morgan fingerprint density at radius 1 is 0.730 bits per heavy atom. The molecule has 4 fully saturated rings. The number of piperidine rings is 4. The third-order valence-electron chi connectivity index (χ3n) is 13.9. The molecule has 15 heteroatoms. The number of nitrogens with zero attached hydrogens (tertiary/aromatic N) is 8. The fourth-order valence-electron chi connectivity index (χ4n) is 10.4. The van der Waals surface area contributed by atoms with Gasteiger partial charge in [-0.3, -0.25) is 29.4 Å². The summed E-state index contributed by atoms with van der Waals surface area (Å²) in [6.07, 6.45) is 8.33. The van der Waals surface area contributed by atoms with Gasteiger partial charge in [0.25, 0.3) is 11.8 Å². The van der Waals surface area contributed by atoms with E-state index in [2.05, 4.69) is 29.7 Å². The van der Waals surface area contributed by atoms with Crippen molar-refractivity contribution in [3.05, 3.63) is 95.8 Å². The maximum absolute atomic E-state index is 13.4. The van der Waals surface area contributed by atoms with Crippen molar-refractivity contribution in [3.8, 4) is 22.8 Å². The van der Waals surface area contributed by atoms with Crippen molar-refractivity contribution >= 4 is 40.5 Å². The van der Waals surface area contributed by atoms with Crippen LogP contribution >= 0.6 is 0 Å². The average molecular weight is 851 g/mol. The number of aromatic nitrogens is 4. The molecule has 0 aliphatic carbocycles. The molecule has 5 aliphatic heterocycles. The van der Waals surface area contributed by atoms with E-state index in [1.54, 1.807) is 12.4 Å². The van der Waals surface area contributed by atoms with E-state index in [9.17, 15) is 19.2 Å². The van der Waals surface area contributed by atoms with Crippen molar-refractivity contribution < 1.29 is 23.9 Å². The second-order valence-corrected chi connectivity index (χ2v) is 17.9. The number of hydrogen-bond acceptors (Lipinski definition) is 12. The van der Waals surface area contributed by atoms with Gasteiger partial charge in [0.2, 0.25) is 11.8 Å². The van der Waals surface area contributed by atoms with Gasteiger partial charge in [-0.05, 0) is 144 Å². The van der Waals surface area contributed by atoms with Crippen molar-refractivity contribution in [2.45, 2.75) is 69.4 Å². The Kier molecular flexibility index (Phi) is 11.5. The average Bonchev–Trinajstić information content (AvgIpc) is 3.82. The van der Waals surface area contributed by atoms with Gasteiger partial charge in [0.05, 0.1) is 22.6 Å². The molecule has 3 aromatic carbocycles. The van der Waals surface area contributed by atoms with Crippen LogP contribution in [0, 0.1) is 5.92 Å². The number of para-hydroxylation sites is 1. The molecule has 63 heavy (non-hydrogen) atoms. The first-order chi connectivity index (χ1) is 30.8. The first-order valence-electron chi connectivity index (χ1n) is 22.6. The van der Waals surface area contributed by atoms with E-state index in [1.807, 2.05) is 66.7 Å². The van der Waals surface area contributed by atoms with Crippen molar-refractivity contribution in [2.24, 2.45) is 5.92 Å². The van der Waals surface area contributed by atoms with Gasteiger partial charge >= 0.3 is 0 Å². The van der Waals surface area contributed by atoms with Crippen LogP contribution < -0.4 is 15.8 Å². The molecule has 0 radical (unpaired) electrons. The smallest absolute Gasteiger partial charge is 0.262 e. The number of amides is 4. The normalized spacial score (nSPS) is 22.2. The van der Waals surface area contributed by atoms with E-state index in [0.717, 1.165) is 129 Å². The van der Waals surface area contributed by atoms with Gasteiger partial charge < -0.3 is 25.2 Å². The first-order valence-corrected chi connectivity index (χ1v) is 22.6. The van der Waals surface area contributed by atoms with Gasteiger partial charge in [-0.25, -0.2) is 14.6 Å². The minimum Gasteiger partial charge on any atom is -0.457 e. The Labute approximate surface area is 366 Å². The van der Waals surface area contributed by atoms with Crippen LogP contribution in [0.15, 0.2) is 79.1 Å². The van der Waals surface area contributed by atoms with Crippen LogP contribution in [-0.4, -0.2) is 128 Å². The Bertz CT molecular complexity index is 2510. The second-order valence-electron chi connectivity index (χ2n) is 17.9. The van der Waals surface area contributed by atoms with Gasteiger partial charge in [-0.1, -0.05) is 24.3 Å². The van der Waals surface area contributed by atoms with Crippen LogP contribution in [0.4, 0.5) is 5.82 Å². The number of nitrogens with two attached hydrogens (primary N) is 1. The summed E-state index contributed by atoms with van der Waals surface area (Å²) in [7, 11) is 0. The molecule has 2 atom stereocenters. The Morgan fingerprint density at radius 2 is 1.44 bits per heavy atom. The molecule has 326 valence electrons. The van der Waals surface area contributed by atoms with Crippen molar-refractivity contribution in [3.63, 3.8) is 0 Å². The van der Waals surface area contributed by atoms with Gasteiger partial charge in [-0.2, -0.15) is 5.10 Å². The highest BCUT2D eigenvalue weighted by atomic mass is 16.5. The lowest BCUT2D eigenvalue weighted by molar-refractivity contribution is -0.136.